The number of pyridine rings is 1. The molecule has 2 aromatic carbocycles. The number of ketones is 1. The number of halogens is 1. The molecule has 0 aliphatic rings. The van der Waals surface area contributed by atoms with Crippen LogP contribution in [0, 0.1) is 0 Å². The molecule has 0 aliphatic heterocycles. The molecule has 0 aliphatic carbocycles. The summed E-state index contributed by atoms with van der Waals surface area (Å²) in [5, 5.41) is 2.22. The molecule has 0 unspecified atom stereocenters. The molecule has 23 heavy (non-hydrogen) atoms. The number of nitrogens with zero attached hydrogens (tertiary/aromatic N) is 1. The van der Waals surface area contributed by atoms with Crippen molar-refractivity contribution in [2.24, 2.45) is 0 Å². The summed E-state index contributed by atoms with van der Waals surface area (Å²) in [6.07, 6.45) is 9.09. The minimum Gasteiger partial charge on any atom is -0.289 e. The number of rotatable bonds is 4. The number of fused-ring (bicyclic) bond motifs is 1. The summed E-state index contributed by atoms with van der Waals surface area (Å²) in [7, 11) is 0. The van der Waals surface area contributed by atoms with Gasteiger partial charge < -0.3 is 0 Å². The number of aromatic nitrogens is 1. The lowest BCUT2D eigenvalue weighted by Crippen LogP contribution is -1.96. The van der Waals surface area contributed by atoms with E-state index in [0.29, 0.717) is 0 Å². The minimum absolute atomic E-state index is 0. The topological polar surface area (TPSA) is 30.0 Å². The molecular weight excluding hydrogens is 326 g/mol. The predicted octanol–water partition coefficient (Wildman–Crippen LogP) is 5.27. The minimum atomic E-state index is 0. The molecule has 0 spiro atoms. The second-order valence-corrected chi connectivity index (χ2v) is 5.73. The number of carbonyl (C=O) groups is 1. The van der Waals surface area contributed by atoms with Gasteiger partial charge in [-0.15, -0.1) is 24.2 Å². The van der Waals surface area contributed by atoms with Gasteiger partial charge in [0.1, 0.15) is 0 Å². The largest absolute Gasteiger partial charge is 0.289 e. The number of thioether (sulfide) groups is 1. The molecule has 0 bridgehead atoms. The van der Waals surface area contributed by atoms with Crippen LogP contribution in [-0.2, 0) is 0 Å². The molecule has 4 heteroatoms. The van der Waals surface area contributed by atoms with Crippen molar-refractivity contribution < 1.29 is 4.79 Å². The summed E-state index contributed by atoms with van der Waals surface area (Å²) >= 11 is 1.59. The second-order valence-electron chi connectivity index (χ2n) is 4.88. The Morgan fingerprint density at radius 3 is 2.74 bits per heavy atom. The Morgan fingerprint density at radius 1 is 1.09 bits per heavy atom. The first-order valence-electron chi connectivity index (χ1n) is 6.97. The van der Waals surface area contributed by atoms with Crippen LogP contribution in [0.1, 0.15) is 15.9 Å². The standard InChI is InChI=1S/C19H15NOS.ClH/c1-22-19-5-3-2-4-17(19)18(21)9-7-14-6-8-16-13-20-11-10-15(16)12-14;/h2-13H,1H3;1H/b9-7+;. The van der Waals surface area contributed by atoms with Crippen LogP contribution in [-0.4, -0.2) is 17.0 Å². The first kappa shape index (κ1) is 17.3. The van der Waals surface area contributed by atoms with E-state index < -0.39 is 0 Å². The van der Waals surface area contributed by atoms with E-state index in [4.69, 9.17) is 0 Å². The van der Waals surface area contributed by atoms with Gasteiger partial charge in [-0.25, -0.2) is 0 Å². The van der Waals surface area contributed by atoms with Crippen LogP contribution in [0.15, 0.2) is 71.9 Å². The van der Waals surface area contributed by atoms with Gasteiger partial charge in [-0.1, -0.05) is 30.3 Å². The molecule has 0 radical (unpaired) electrons. The van der Waals surface area contributed by atoms with Gasteiger partial charge in [-0.2, -0.15) is 0 Å². The van der Waals surface area contributed by atoms with E-state index in [0.717, 1.165) is 26.8 Å². The fourth-order valence-corrected chi connectivity index (χ4v) is 2.92. The molecular formula is C19H16ClNOS. The molecule has 3 aromatic rings. The zero-order valence-electron chi connectivity index (χ0n) is 12.6. The summed E-state index contributed by atoms with van der Waals surface area (Å²) in [6.45, 7) is 0. The molecule has 1 aromatic heterocycles. The number of carbonyl (C=O) groups excluding carboxylic acids is 1. The van der Waals surface area contributed by atoms with Crippen molar-refractivity contribution in [1.82, 2.24) is 4.98 Å². The highest BCUT2D eigenvalue weighted by molar-refractivity contribution is 7.98. The summed E-state index contributed by atoms with van der Waals surface area (Å²) in [4.78, 5) is 17.5. The van der Waals surface area contributed by atoms with Crippen LogP contribution < -0.4 is 0 Å². The lowest BCUT2D eigenvalue weighted by Gasteiger charge is -2.03. The average molecular weight is 342 g/mol. The van der Waals surface area contributed by atoms with E-state index in [1.54, 1.807) is 24.0 Å². The highest BCUT2D eigenvalue weighted by Gasteiger charge is 2.06. The number of benzene rings is 2. The lowest BCUT2D eigenvalue weighted by molar-refractivity contribution is 0.104. The fraction of sp³-hybridized carbons (Fsp3) is 0.0526. The van der Waals surface area contributed by atoms with E-state index >= 15 is 0 Å². The van der Waals surface area contributed by atoms with Gasteiger partial charge in [0.25, 0.3) is 0 Å². The molecule has 1 heterocycles. The summed E-state index contributed by atoms with van der Waals surface area (Å²) < 4.78 is 0. The normalized spacial score (nSPS) is 10.7. The molecule has 2 nitrogen and oxygen atoms in total. The zero-order valence-corrected chi connectivity index (χ0v) is 14.2. The molecule has 0 saturated carbocycles. The van der Waals surface area contributed by atoms with Crippen LogP contribution in [0.2, 0.25) is 0 Å². The van der Waals surface area contributed by atoms with Gasteiger partial charge in [0, 0.05) is 28.2 Å². The van der Waals surface area contributed by atoms with Crippen molar-refractivity contribution in [3.8, 4) is 0 Å². The van der Waals surface area contributed by atoms with Gasteiger partial charge in [0.2, 0.25) is 0 Å². The van der Waals surface area contributed by atoms with Crippen LogP contribution in [0.4, 0.5) is 0 Å². The Labute approximate surface area is 146 Å². The van der Waals surface area contributed by atoms with Crippen LogP contribution in [0.25, 0.3) is 16.8 Å². The van der Waals surface area contributed by atoms with Crippen LogP contribution >= 0.6 is 24.2 Å². The molecule has 0 fully saturated rings. The molecule has 0 saturated heterocycles. The highest BCUT2D eigenvalue weighted by Crippen LogP contribution is 2.21. The van der Waals surface area contributed by atoms with E-state index in [1.165, 1.54) is 0 Å². The maximum absolute atomic E-state index is 12.4. The number of hydrogen-bond donors (Lipinski definition) is 0. The van der Waals surface area contributed by atoms with Crippen molar-refractivity contribution in [1.29, 1.82) is 0 Å². The van der Waals surface area contributed by atoms with Gasteiger partial charge in [0.05, 0.1) is 0 Å². The Hall–Kier alpha value is -2.10. The Balaban J connectivity index is 0.00000192. The maximum Gasteiger partial charge on any atom is 0.186 e. The molecule has 0 atom stereocenters. The molecule has 0 N–H and O–H groups in total. The van der Waals surface area contributed by atoms with Crippen molar-refractivity contribution in [2.75, 3.05) is 6.26 Å². The Kier molecular flexibility index (Phi) is 5.97. The SMILES string of the molecule is CSc1ccccc1C(=O)/C=C/c1ccc2cnccc2c1.Cl. The molecule has 116 valence electrons. The first-order chi connectivity index (χ1) is 10.8. The molecule has 0 amide bonds. The van der Waals surface area contributed by atoms with E-state index in [9.17, 15) is 4.79 Å². The highest BCUT2D eigenvalue weighted by atomic mass is 35.5. The van der Waals surface area contributed by atoms with Crippen molar-refractivity contribution in [3.05, 3.63) is 78.1 Å². The molecule has 3 rings (SSSR count). The monoisotopic (exact) mass is 341 g/mol. The van der Waals surface area contributed by atoms with Gasteiger partial charge in [-0.3, -0.25) is 9.78 Å². The van der Waals surface area contributed by atoms with E-state index in [1.807, 2.05) is 61.0 Å². The van der Waals surface area contributed by atoms with E-state index in [-0.39, 0.29) is 18.2 Å². The first-order valence-corrected chi connectivity index (χ1v) is 8.19. The quantitative estimate of drug-likeness (QED) is 0.367. The van der Waals surface area contributed by atoms with Gasteiger partial charge in [0.15, 0.2) is 5.78 Å². The lowest BCUT2D eigenvalue weighted by atomic mass is 10.1. The van der Waals surface area contributed by atoms with Crippen molar-refractivity contribution in [3.63, 3.8) is 0 Å². The summed E-state index contributed by atoms with van der Waals surface area (Å²) in [6, 6.07) is 15.7. The van der Waals surface area contributed by atoms with Crippen LogP contribution in [0.3, 0.4) is 0 Å². The third-order valence-corrected chi connectivity index (χ3v) is 4.26. The Morgan fingerprint density at radius 2 is 1.91 bits per heavy atom. The average Bonchev–Trinajstić information content (AvgIpc) is 2.59. The zero-order chi connectivity index (χ0) is 15.4. The fourth-order valence-electron chi connectivity index (χ4n) is 2.32. The second kappa shape index (κ2) is 7.95. The third kappa shape index (κ3) is 4.01. The predicted molar refractivity (Wildman–Crippen MR) is 101 cm³/mol. The van der Waals surface area contributed by atoms with Crippen LogP contribution in [0.5, 0.6) is 0 Å². The van der Waals surface area contributed by atoms with Gasteiger partial charge in [-0.05, 0) is 47.5 Å². The van der Waals surface area contributed by atoms with Crippen molar-refractivity contribution in [2.45, 2.75) is 4.90 Å². The maximum atomic E-state index is 12.4. The smallest absolute Gasteiger partial charge is 0.186 e. The van der Waals surface area contributed by atoms with Crippen molar-refractivity contribution >= 4 is 46.8 Å². The number of allylic oxidation sites excluding steroid dienone is 1. The third-order valence-electron chi connectivity index (χ3n) is 3.46. The summed E-state index contributed by atoms with van der Waals surface area (Å²) in [5.41, 5.74) is 1.75. The Bertz CT molecular complexity index is 861. The summed E-state index contributed by atoms with van der Waals surface area (Å²) in [5.74, 6) is 0.0276. The van der Waals surface area contributed by atoms with E-state index in [2.05, 4.69) is 11.1 Å². The number of hydrogen-bond acceptors (Lipinski definition) is 3. The van der Waals surface area contributed by atoms with Gasteiger partial charge >= 0.3 is 0 Å².